The summed E-state index contributed by atoms with van der Waals surface area (Å²) in [6.45, 7) is 1.04. The molecule has 174 valence electrons. The first kappa shape index (κ1) is 23.6. The first-order chi connectivity index (χ1) is 16.2. The molecule has 0 spiro atoms. The summed E-state index contributed by atoms with van der Waals surface area (Å²) in [5, 5.41) is 21.8. The fourth-order valence-electron chi connectivity index (χ4n) is 3.81. The topological polar surface area (TPSA) is 77.4 Å². The minimum absolute atomic E-state index is 0.115. The molecule has 0 saturated carbocycles. The van der Waals surface area contributed by atoms with Gasteiger partial charge in [0, 0.05) is 0 Å². The number of aliphatic hydroxyl groups excluding tert-OH is 2. The molecule has 0 bridgehead atoms. The van der Waals surface area contributed by atoms with Gasteiger partial charge in [0.25, 0.3) is 0 Å². The average molecular weight is 451 g/mol. The molecule has 3 aromatic rings. The van der Waals surface area contributed by atoms with E-state index in [9.17, 15) is 10.2 Å². The lowest BCUT2D eigenvalue weighted by atomic mass is 9.98. The van der Waals surface area contributed by atoms with Gasteiger partial charge in [0.15, 0.2) is 6.29 Å². The monoisotopic (exact) mass is 450 g/mol. The zero-order valence-electron chi connectivity index (χ0n) is 18.4. The van der Waals surface area contributed by atoms with E-state index in [1.54, 1.807) is 0 Å². The van der Waals surface area contributed by atoms with Crippen LogP contribution in [0.4, 0.5) is 0 Å². The number of rotatable bonds is 10. The van der Waals surface area contributed by atoms with Crippen LogP contribution in [0.1, 0.15) is 16.7 Å². The van der Waals surface area contributed by atoms with Gasteiger partial charge < -0.3 is 29.2 Å². The summed E-state index contributed by atoms with van der Waals surface area (Å²) in [7, 11) is 0. The normalized spacial score (nSPS) is 25.1. The van der Waals surface area contributed by atoms with Gasteiger partial charge in [0.1, 0.15) is 24.4 Å². The molecule has 0 unspecified atom stereocenters. The third kappa shape index (κ3) is 6.71. The van der Waals surface area contributed by atoms with E-state index in [1.807, 2.05) is 91.0 Å². The molecule has 1 aliphatic heterocycles. The molecule has 4 rings (SSSR count). The van der Waals surface area contributed by atoms with Crippen LogP contribution in [0.15, 0.2) is 91.0 Å². The van der Waals surface area contributed by atoms with Gasteiger partial charge in [-0.05, 0) is 16.7 Å². The Hall–Kier alpha value is -2.58. The van der Waals surface area contributed by atoms with Crippen LogP contribution in [0.3, 0.4) is 0 Å². The Bertz CT molecular complexity index is 937. The SMILES string of the molecule is O[C@H]1[C@H](OCc2ccccc2)[C@@H](OCc2ccccc2)[C@H](O)O[C@@H]1COCc1ccccc1. The maximum Gasteiger partial charge on any atom is 0.184 e. The van der Waals surface area contributed by atoms with Crippen LogP contribution in [-0.4, -0.2) is 47.5 Å². The summed E-state index contributed by atoms with van der Waals surface area (Å²) in [6.07, 6.45) is -4.68. The molecule has 5 atom stereocenters. The molecule has 2 N–H and O–H groups in total. The lowest BCUT2D eigenvalue weighted by molar-refractivity contribution is -0.309. The molecule has 3 aromatic carbocycles. The predicted molar refractivity (Wildman–Crippen MR) is 123 cm³/mol. The van der Waals surface area contributed by atoms with Crippen molar-refractivity contribution in [3.8, 4) is 0 Å². The smallest absolute Gasteiger partial charge is 0.184 e. The second-order valence-electron chi connectivity index (χ2n) is 8.08. The van der Waals surface area contributed by atoms with Gasteiger partial charge in [-0.15, -0.1) is 0 Å². The van der Waals surface area contributed by atoms with E-state index < -0.39 is 30.7 Å². The number of hydrogen-bond donors (Lipinski definition) is 2. The molecule has 6 heteroatoms. The van der Waals surface area contributed by atoms with Crippen molar-refractivity contribution < 1.29 is 29.2 Å². The highest BCUT2D eigenvalue weighted by Crippen LogP contribution is 2.27. The van der Waals surface area contributed by atoms with Crippen LogP contribution in [0.2, 0.25) is 0 Å². The second-order valence-corrected chi connectivity index (χ2v) is 8.08. The zero-order valence-corrected chi connectivity index (χ0v) is 18.4. The zero-order chi connectivity index (χ0) is 22.9. The summed E-state index contributed by atoms with van der Waals surface area (Å²) in [5.74, 6) is 0. The largest absolute Gasteiger partial charge is 0.387 e. The molecule has 0 aromatic heterocycles. The van der Waals surface area contributed by atoms with Gasteiger partial charge >= 0.3 is 0 Å². The van der Waals surface area contributed by atoms with Gasteiger partial charge in [-0.3, -0.25) is 0 Å². The minimum atomic E-state index is -1.26. The van der Waals surface area contributed by atoms with Crippen LogP contribution in [0, 0.1) is 0 Å². The van der Waals surface area contributed by atoms with E-state index in [0.29, 0.717) is 6.61 Å². The maximum absolute atomic E-state index is 11.1. The molecule has 33 heavy (non-hydrogen) atoms. The Morgan fingerprint density at radius 3 is 1.58 bits per heavy atom. The molecule has 1 heterocycles. The lowest BCUT2D eigenvalue weighted by Gasteiger charge is -2.42. The first-order valence-corrected chi connectivity index (χ1v) is 11.1. The van der Waals surface area contributed by atoms with Crippen LogP contribution in [0.5, 0.6) is 0 Å². The van der Waals surface area contributed by atoms with Gasteiger partial charge in [0.05, 0.1) is 26.4 Å². The molecule has 0 radical (unpaired) electrons. The van der Waals surface area contributed by atoms with Crippen LogP contribution in [-0.2, 0) is 38.8 Å². The third-order valence-electron chi connectivity index (χ3n) is 5.60. The maximum atomic E-state index is 11.1. The van der Waals surface area contributed by atoms with Crippen molar-refractivity contribution in [2.75, 3.05) is 6.61 Å². The first-order valence-electron chi connectivity index (χ1n) is 11.1. The van der Waals surface area contributed by atoms with E-state index in [0.717, 1.165) is 16.7 Å². The molecule has 0 aliphatic carbocycles. The van der Waals surface area contributed by atoms with Gasteiger partial charge in [-0.25, -0.2) is 0 Å². The number of hydrogen-bond acceptors (Lipinski definition) is 6. The van der Waals surface area contributed by atoms with Crippen LogP contribution >= 0.6 is 0 Å². The van der Waals surface area contributed by atoms with E-state index >= 15 is 0 Å². The van der Waals surface area contributed by atoms with E-state index in [1.165, 1.54) is 0 Å². The van der Waals surface area contributed by atoms with Crippen molar-refractivity contribution in [1.82, 2.24) is 0 Å². The fraction of sp³-hybridized carbons (Fsp3) is 0.333. The van der Waals surface area contributed by atoms with E-state index in [-0.39, 0.29) is 19.8 Å². The van der Waals surface area contributed by atoms with Crippen LogP contribution < -0.4 is 0 Å². The van der Waals surface area contributed by atoms with Gasteiger partial charge in [-0.2, -0.15) is 0 Å². The molecular formula is C27H30O6. The number of benzene rings is 3. The van der Waals surface area contributed by atoms with Crippen molar-refractivity contribution in [3.05, 3.63) is 108 Å². The summed E-state index contributed by atoms with van der Waals surface area (Å²) < 4.78 is 23.5. The molecule has 1 aliphatic rings. The molecule has 0 amide bonds. The Balaban J connectivity index is 1.41. The summed E-state index contributed by atoms with van der Waals surface area (Å²) in [4.78, 5) is 0. The van der Waals surface area contributed by atoms with Crippen molar-refractivity contribution in [2.45, 2.75) is 50.5 Å². The highest BCUT2D eigenvalue weighted by molar-refractivity contribution is 5.15. The average Bonchev–Trinajstić information content (AvgIpc) is 2.86. The Morgan fingerprint density at radius 2 is 1.06 bits per heavy atom. The second kappa shape index (κ2) is 12.0. The third-order valence-corrected chi connectivity index (χ3v) is 5.60. The molecule has 1 fully saturated rings. The van der Waals surface area contributed by atoms with Crippen molar-refractivity contribution in [1.29, 1.82) is 0 Å². The van der Waals surface area contributed by atoms with Gasteiger partial charge in [-0.1, -0.05) is 91.0 Å². The van der Waals surface area contributed by atoms with Crippen LogP contribution in [0.25, 0.3) is 0 Å². The Kier molecular flexibility index (Phi) is 8.60. The fourth-order valence-corrected chi connectivity index (χ4v) is 3.81. The van der Waals surface area contributed by atoms with Crippen molar-refractivity contribution in [2.24, 2.45) is 0 Å². The van der Waals surface area contributed by atoms with Crippen molar-refractivity contribution in [3.63, 3.8) is 0 Å². The highest BCUT2D eigenvalue weighted by Gasteiger charge is 2.46. The standard InChI is InChI=1S/C27H30O6/c28-24-23(19-30-16-20-10-4-1-5-11-20)33-27(29)26(32-18-22-14-8-3-9-15-22)25(24)31-17-21-12-6-2-7-13-21/h1-15,23-29H,16-19H2/t23-,24-,25+,26-,27-/m1/s1. The predicted octanol–water partition coefficient (Wildman–Crippen LogP) is 3.45. The summed E-state index contributed by atoms with van der Waals surface area (Å²) in [5.41, 5.74) is 2.93. The minimum Gasteiger partial charge on any atom is -0.387 e. The molecule has 1 saturated heterocycles. The highest BCUT2D eigenvalue weighted by atomic mass is 16.7. The Labute approximate surface area is 194 Å². The number of ether oxygens (including phenoxy) is 4. The molecular weight excluding hydrogens is 420 g/mol. The summed E-state index contributed by atoms with van der Waals surface area (Å²) in [6, 6.07) is 29.1. The van der Waals surface area contributed by atoms with E-state index in [2.05, 4.69) is 0 Å². The Morgan fingerprint density at radius 1 is 0.606 bits per heavy atom. The quantitative estimate of drug-likeness (QED) is 0.493. The van der Waals surface area contributed by atoms with Gasteiger partial charge in [0.2, 0.25) is 0 Å². The number of aliphatic hydroxyl groups is 2. The van der Waals surface area contributed by atoms with Crippen molar-refractivity contribution >= 4 is 0 Å². The summed E-state index contributed by atoms with van der Waals surface area (Å²) >= 11 is 0. The lowest BCUT2D eigenvalue weighted by Crippen LogP contribution is -2.60. The van der Waals surface area contributed by atoms with E-state index in [4.69, 9.17) is 18.9 Å². The molecule has 6 nitrogen and oxygen atoms in total.